The molecule has 0 aromatic heterocycles. The molecule has 0 unspecified atom stereocenters. The minimum Gasteiger partial charge on any atom is -0.511 e. The van der Waals surface area contributed by atoms with E-state index in [0.717, 1.165) is 6.42 Å². The zero-order chi connectivity index (χ0) is 9.47. The summed E-state index contributed by atoms with van der Waals surface area (Å²) in [7, 11) is 0. The molecule has 0 heterocycles. The first-order valence-electron chi connectivity index (χ1n) is 4.37. The Morgan fingerprint density at radius 2 is 2.08 bits per heavy atom. The molecule has 2 nitrogen and oxygen atoms in total. The number of benzene rings is 1. The lowest BCUT2D eigenvalue weighted by Crippen LogP contribution is -2.26. The van der Waals surface area contributed by atoms with Gasteiger partial charge in [-0.25, -0.2) is 0 Å². The lowest BCUT2D eigenvalue weighted by Gasteiger charge is -2.08. The van der Waals surface area contributed by atoms with E-state index in [1.54, 1.807) is 0 Å². The van der Waals surface area contributed by atoms with E-state index < -0.39 is 5.54 Å². The Morgan fingerprint density at radius 1 is 1.46 bits per heavy atom. The summed E-state index contributed by atoms with van der Waals surface area (Å²) in [6, 6.07) is 9.99. The van der Waals surface area contributed by atoms with E-state index >= 15 is 0 Å². The van der Waals surface area contributed by atoms with Crippen LogP contribution in [0.5, 0.6) is 0 Å². The van der Waals surface area contributed by atoms with Gasteiger partial charge in [-0.3, -0.25) is 0 Å². The fourth-order valence-electron chi connectivity index (χ4n) is 1.70. The molecule has 1 aliphatic rings. The fraction of sp³-hybridized carbons (Fsp3) is 0.273. The van der Waals surface area contributed by atoms with Gasteiger partial charge in [-0.2, -0.15) is 0 Å². The summed E-state index contributed by atoms with van der Waals surface area (Å²) < 4.78 is 0. The monoisotopic (exact) mass is 175 g/mol. The minimum absolute atomic E-state index is 0.0985. The van der Waals surface area contributed by atoms with E-state index in [1.807, 2.05) is 30.3 Å². The van der Waals surface area contributed by atoms with Gasteiger partial charge in [-0.1, -0.05) is 36.9 Å². The third-order valence-electron chi connectivity index (χ3n) is 2.74. The van der Waals surface area contributed by atoms with Crippen LogP contribution >= 0.6 is 0 Å². The first kappa shape index (κ1) is 8.32. The van der Waals surface area contributed by atoms with Crippen molar-refractivity contribution >= 4 is 0 Å². The first-order chi connectivity index (χ1) is 6.14. The van der Waals surface area contributed by atoms with E-state index in [4.69, 9.17) is 5.73 Å². The fourth-order valence-corrected chi connectivity index (χ4v) is 1.70. The second-order valence-corrected chi connectivity index (χ2v) is 3.65. The number of nitrogens with two attached hydrogens (primary N) is 1. The van der Waals surface area contributed by atoms with Gasteiger partial charge in [0.25, 0.3) is 0 Å². The topological polar surface area (TPSA) is 46.2 Å². The molecular weight excluding hydrogens is 162 g/mol. The largest absolute Gasteiger partial charge is 0.511 e. The molecular formula is C11H13NO. The minimum atomic E-state index is -0.568. The zero-order valence-electron chi connectivity index (χ0n) is 7.40. The summed E-state index contributed by atoms with van der Waals surface area (Å²) in [4.78, 5) is 0. The van der Waals surface area contributed by atoms with Crippen molar-refractivity contribution in [3.05, 3.63) is 48.2 Å². The number of hydrogen-bond donors (Lipinski definition) is 2. The molecule has 1 fully saturated rings. The molecule has 0 aliphatic heterocycles. The summed E-state index contributed by atoms with van der Waals surface area (Å²) in [5.74, 6) is 0.340. The van der Waals surface area contributed by atoms with Gasteiger partial charge in [0.1, 0.15) is 5.76 Å². The Kier molecular flexibility index (Phi) is 1.67. The maximum atomic E-state index is 9.26. The summed E-state index contributed by atoms with van der Waals surface area (Å²) in [5, 5.41) is 9.26. The quantitative estimate of drug-likeness (QED) is 0.675. The van der Waals surface area contributed by atoms with Crippen molar-refractivity contribution in [1.82, 2.24) is 0 Å². The standard InChI is InChI=1S/C11H13NO/c1-8(13)11(12)7-10(11)9-5-3-2-4-6-9/h2-6,10,13H,1,7,12H2/t10-,11+/m1/s1. The van der Waals surface area contributed by atoms with E-state index in [0.29, 0.717) is 0 Å². The number of hydrogen-bond acceptors (Lipinski definition) is 2. The van der Waals surface area contributed by atoms with Gasteiger partial charge < -0.3 is 10.8 Å². The van der Waals surface area contributed by atoms with Crippen molar-refractivity contribution in [3.63, 3.8) is 0 Å². The Bertz CT molecular complexity index is 333. The van der Waals surface area contributed by atoms with E-state index in [-0.39, 0.29) is 11.7 Å². The van der Waals surface area contributed by atoms with Crippen LogP contribution in [0.4, 0.5) is 0 Å². The molecule has 2 rings (SSSR count). The number of aliphatic hydroxyl groups is 1. The van der Waals surface area contributed by atoms with Crippen LogP contribution in [-0.4, -0.2) is 10.6 Å². The first-order valence-corrected chi connectivity index (χ1v) is 4.37. The average Bonchev–Trinajstić information content (AvgIpc) is 2.81. The molecule has 2 heteroatoms. The highest BCUT2D eigenvalue weighted by atomic mass is 16.3. The van der Waals surface area contributed by atoms with Gasteiger partial charge >= 0.3 is 0 Å². The predicted octanol–water partition coefficient (Wildman–Crippen LogP) is 1.94. The molecule has 1 saturated carbocycles. The molecule has 68 valence electrons. The van der Waals surface area contributed by atoms with Gasteiger partial charge in [0, 0.05) is 5.92 Å². The maximum absolute atomic E-state index is 9.26. The molecule has 1 aliphatic carbocycles. The van der Waals surface area contributed by atoms with Crippen LogP contribution in [0.1, 0.15) is 17.9 Å². The predicted molar refractivity (Wildman–Crippen MR) is 52.5 cm³/mol. The van der Waals surface area contributed by atoms with Crippen molar-refractivity contribution in [3.8, 4) is 0 Å². The van der Waals surface area contributed by atoms with Crippen LogP contribution < -0.4 is 5.73 Å². The highest BCUT2D eigenvalue weighted by Crippen LogP contribution is 2.52. The SMILES string of the molecule is C=C(O)[C@@]1(N)C[C@@H]1c1ccccc1. The highest BCUT2D eigenvalue weighted by Gasteiger charge is 2.54. The number of aliphatic hydroxyl groups excluding tert-OH is 1. The van der Waals surface area contributed by atoms with Crippen molar-refractivity contribution in [2.45, 2.75) is 17.9 Å². The maximum Gasteiger partial charge on any atom is 0.106 e. The third kappa shape index (κ3) is 1.23. The normalized spacial score (nSPS) is 31.3. The molecule has 0 amide bonds. The van der Waals surface area contributed by atoms with Gasteiger partial charge in [0.05, 0.1) is 5.54 Å². The van der Waals surface area contributed by atoms with Crippen molar-refractivity contribution in [2.24, 2.45) is 5.73 Å². The number of rotatable bonds is 2. The van der Waals surface area contributed by atoms with Gasteiger partial charge in [0.15, 0.2) is 0 Å². The third-order valence-corrected chi connectivity index (χ3v) is 2.74. The Balaban J connectivity index is 2.21. The van der Waals surface area contributed by atoms with Gasteiger partial charge in [0.2, 0.25) is 0 Å². The Morgan fingerprint density at radius 3 is 2.54 bits per heavy atom. The van der Waals surface area contributed by atoms with Crippen molar-refractivity contribution in [2.75, 3.05) is 0 Å². The molecule has 0 bridgehead atoms. The van der Waals surface area contributed by atoms with Crippen LogP contribution in [0.2, 0.25) is 0 Å². The Labute approximate surface area is 77.7 Å². The molecule has 0 radical (unpaired) electrons. The van der Waals surface area contributed by atoms with E-state index in [9.17, 15) is 5.11 Å². The van der Waals surface area contributed by atoms with E-state index in [1.165, 1.54) is 5.56 Å². The molecule has 0 spiro atoms. The lowest BCUT2D eigenvalue weighted by molar-refractivity contribution is 0.358. The van der Waals surface area contributed by atoms with Gasteiger partial charge in [-0.05, 0) is 12.0 Å². The van der Waals surface area contributed by atoms with Crippen LogP contribution in [0, 0.1) is 0 Å². The molecule has 3 N–H and O–H groups in total. The molecule has 2 atom stereocenters. The molecule has 1 aromatic rings. The summed E-state index contributed by atoms with van der Waals surface area (Å²) >= 11 is 0. The van der Waals surface area contributed by atoms with Crippen molar-refractivity contribution in [1.29, 1.82) is 0 Å². The Hall–Kier alpha value is -1.28. The second kappa shape index (κ2) is 2.60. The smallest absolute Gasteiger partial charge is 0.106 e. The van der Waals surface area contributed by atoms with Crippen LogP contribution in [0.25, 0.3) is 0 Å². The van der Waals surface area contributed by atoms with E-state index in [2.05, 4.69) is 6.58 Å². The van der Waals surface area contributed by atoms with Gasteiger partial charge in [-0.15, -0.1) is 0 Å². The average molecular weight is 175 g/mol. The van der Waals surface area contributed by atoms with Crippen LogP contribution in [0.3, 0.4) is 0 Å². The zero-order valence-corrected chi connectivity index (χ0v) is 7.40. The van der Waals surface area contributed by atoms with Crippen LogP contribution in [-0.2, 0) is 0 Å². The molecule has 13 heavy (non-hydrogen) atoms. The summed E-state index contributed by atoms with van der Waals surface area (Å²) in [6.07, 6.45) is 0.798. The van der Waals surface area contributed by atoms with Crippen molar-refractivity contribution < 1.29 is 5.11 Å². The molecule has 0 saturated heterocycles. The lowest BCUT2D eigenvalue weighted by atomic mass is 10.1. The van der Waals surface area contributed by atoms with Crippen LogP contribution in [0.15, 0.2) is 42.7 Å². The summed E-state index contributed by atoms with van der Waals surface area (Å²) in [5.41, 5.74) is 6.53. The second-order valence-electron chi connectivity index (χ2n) is 3.65. The molecule has 1 aromatic carbocycles. The summed E-state index contributed by atoms with van der Waals surface area (Å²) in [6.45, 7) is 3.50. The highest BCUT2D eigenvalue weighted by molar-refractivity contribution is 5.38.